The second-order valence-electron chi connectivity index (χ2n) is 6.50. The standard InChI is InChI=1S/C20H23N5O/c1-24(2)14-18(12-16-6-4-3-5-7-16)23-20(26)17-8-9-22-19(13-17)25-11-10-21-15-25/h3-11,13,15,18H,12,14H2,1-2H3,(H,23,26). The molecule has 0 spiro atoms. The molecule has 1 unspecified atom stereocenters. The molecule has 1 atom stereocenters. The van der Waals surface area contributed by atoms with E-state index in [1.165, 1.54) is 5.56 Å². The van der Waals surface area contributed by atoms with Crippen molar-refractivity contribution in [3.8, 4) is 5.82 Å². The van der Waals surface area contributed by atoms with E-state index < -0.39 is 0 Å². The van der Waals surface area contributed by atoms with Crippen LogP contribution in [0.5, 0.6) is 0 Å². The van der Waals surface area contributed by atoms with Gasteiger partial charge in [-0.25, -0.2) is 9.97 Å². The lowest BCUT2D eigenvalue weighted by Crippen LogP contribution is -2.43. The third-order valence-corrected chi connectivity index (χ3v) is 4.02. The Bertz CT molecular complexity index is 830. The zero-order valence-electron chi connectivity index (χ0n) is 15.0. The maximum atomic E-state index is 12.8. The maximum Gasteiger partial charge on any atom is 0.251 e. The molecule has 0 bridgehead atoms. The predicted molar refractivity (Wildman–Crippen MR) is 101 cm³/mol. The molecule has 0 aliphatic rings. The first-order valence-corrected chi connectivity index (χ1v) is 8.56. The Labute approximate surface area is 153 Å². The number of nitrogens with one attached hydrogen (secondary N) is 1. The van der Waals surface area contributed by atoms with Gasteiger partial charge in [0.1, 0.15) is 12.1 Å². The zero-order valence-corrected chi connectivity index (χ0v) is 15.0. The van der Waals surface area contributed by atoms with Gasteiger partial charge in [-0.2, -0.15) is 0 Å². The van der Waals surface area contributed by atoms with E-state index in [0.29, 0.717) is 11.4 Å². The molecule has 3 rings (SSSR count). The summed E-state index contributed by atoms with van der Waals surface area (Å²) in [6, 6.07) is 13.7. The number of hydrogen-bond acceptors (Lipinski definition) is 4. The predicted octanol–water partition coefficient (Wildman–Crippen LogP) is 2.17. The minimum absolute atomic E-state index is 0.0183. The lowest BCUT2D eigenvalue weighted by Gasteiger charge is -2.22. The van der Waals surface area contributed by atoms with Crippen molar-refractivity contribution < 1.29 is 4.79 Å². The lowest BCUT2D eigenvalue weighted by molar-refractivity contribution is 0.0930. The third kappa shape index (κ3) is 4.77. The van der Waals surface area contributed by atoms with Gasteiger partial charge in [0.05, 0.1) is 0 Å². The van der Waals surface area contributed by atoms with Gasteiger partial charge in [-0.3, -0.25) is 9.36 Å². The van der Waals surface area contributed by atoms with Crippen LogP contribution in [0.3, 0.4) is 0 Å². The van der Waals surface area contributed by atoms with Crippen molar-refractivity contribution >= 4 is 5.91 Å². The molecule has 0 radical (unpaired) electrons. The molecule has 2 heterocycles. The molecule has 6 nitrogen and oxygen atoms in total. The van der Waals surface area contributed by atoms with Gasteiger partial charge in [0.2, 0.25) is 0 Å². The number of benzene rings is 1. The van der Waals surface area contributed by atoms with Gasteiger partial charge in [-0.1, -0.05) is 30.3 Å². The highest BCUT2D eigenvalue weighted by atomic mass is 16.1. The summed E-state index contributed by atoms with van der Waals surface area (Å²) in [5.74, 6) is 0.568. The Morgan fingerprint density at radius 3 is 2.69 bits per heavy atom. The SMILES string of the molecule is CN(C)CC(Cc1ccccc1)NC(=O)c1ccnc(-n2ccnc2)c1. The molecule has 0 saturated carbocycles. The van der Waals surface area contributed by atoms with Gasteiger partial charge < -0.3 is 10.2 Å². The molecule has 3 aromatic rings. The highest BCUT2D eigenvalue weighted by molar-refractivity contribution is 5.94. The van der Waals surface area contributed by atoms with Crippen LogP contribution < -0.4 is 5.32 Å². The summed E-state index contributed by atoms with van der Waals surface area (Å²) in [6.45, 7) is 0.764. The van der Waals surface area contributed by atoms with Crippen molar-refractivity contribution in [2.45, 2.75) is 12.5 Å². The first kappa shape index (κ1) is 17.8. The highest BCUT2D eigenvalue weighted by Crippen LogP contribution is 2.09. The molecule has 1 aromatic carbocycles. The number of pyridine rings is 1. The van der Waals surface area contributed by atoms with Gasteiger partial charge in [0, 0.05) is 36.7 Å². The Morgan fingerprint density at radius 2 is 2.00 bits per heavy atom. The summed E-state index contributed by atoms with van der Waals surface area (Å²) < 4.78 is 1.78. The van der Waals surface area contributed by atoms with Crippen LogP contribution in [0.1, 0.15) is 15.9 Å². The number of hydrogen-bond donors (Lipinski definition) is 1. The summed E-state index contributed by atoms with van der Waals surface area (Å²) >= 11 is 0. The van der Waals surface area contributed by atoms with Crippen LogP contribution in [-0.2, 0) is 6.42 Å². The van der Waals surface area contributed by atoms with Crippen LogP contribution in [-0.4, -0.2) is 52.0 Å². The Morgan fingerprint density at radius 1 is 1.19 bits per heavy atom. The van der Waals surface area contributed by atoms with Gasteiger partial charge in [-0.05, 0) is 38.2 Å². The minimum atomic E-state index is -0.100. The third-order valence-electron chi connectivity index (χ3n) is 4.02. The Kier molecular flexibility index (Phi) is 5.76. The van der Waals surface area contributed by atoms with E-state index in [9.17, 15) is 4.79 Å². The summed E-state index contributed by atoms with van der Waals surface area (Å²) in [5, 5.41) is 3.15. The number of nitrogens with zero attached hydrogens (tertiary/aromatic N) is 4. The van der Waals surface area contributed by atoms with Crippen molar-refractivity contribution in [3.63, 3.8) is 0 Å². The molecule has 134 valence electrons. The van der Waals surface area contributed by atoms with Crippen LogP contribution in [0.4, 0.5) is 0 Å². The minimum Gasteiger partial charge on any atom is -0.348 e. The topological polar surface area (TPSA) is 63.1 Å². The van der Waals surface area contributed by atoms with Crippen molar-refractivity contribution in [2.24, 2.45) is 0 Å². The average molecular weight is 349 g/mol. The number of likely N-dealkylation sites (N-methyl/N-ethyl adjacent to an activating group) is 1. The second kappa shape index (κ2) is 8.40. The monoisotopic (exact) mass is 349 g/mol. The maximum absolute atomic E-state index is 12.8. The fourth-order valence-electron chi connectivity index (χ4n) is 2.86. The molecule has 0 fully saturated rings. The van der Waals surface area contributed by atoms with Crippen molar-refractivity contribution in [3.05, 3.63) is 78.5 Å². The van der Waals surface area contributed by atoms with E-state index >= 15 is 0 Å². The lowest BCUT2D eigenvalue weighted by atomic mass is 10.1. The van der Waals surface area contributed by atoms with E-state index in [0.717, 1.165) is 13.0 Å². The molecule has 1 amide bonds. The first-order valence-electron chi connectivity index (χ1n) is 8.56. The van der Waals surface area contributed by atoms with Gasteiger partial charge in [-0.15, -0.1) is 0 Å². The van der Waals surface area contributed by atoms with Gasteiger partial charge in [0.25, 0.3) is 5.91 Å². The van der Waals surface area contributed by atoms with Crippen molar-refractivity contribution in [1.82, 2.24) is 24.8 Å². The van der Waals surface area contributed by atoms with Gasteiger partial charge >= 0.3 is 0 Å². The number of amides is 1. The molecular weight excluding hydrogens is 326 g/mol. The quantitative estimate of drug-likeness (QED) is 0.710. The molecule has 0 aliphatic heterocycles. The summed E-state index contributed by atoms with van der Waals surface area (Å²) in [4.78, 5) is 23.2. The molecule has 0 aliphatic carbocycles. The second-order valence-corrected chi connectivity index (χ2v) is 6.50. The fraction of sp³-hybridized carbons (Fsp3) is 0.250. The molecule has 1 N–H and O–H groups in total. The molecule has 2 aromatic heterocycles. The van der Waals surface area contributed by atoms with Gasteiger partial charge in [0.15, 0.2) is 0 Å². The first-order chi connectivity index (χ1) is 12.6. The fourth-order valence-corrected chi connectivity index (χ4v) is 2.86. The van der Waals surface area contributed by atoms with Crippen LogP contribution in [0.25, 0.3) is 5.82 Å². The van der Waals surface area contributed by atoms with Crippen LogP contribution in [0.15, 0.2) is 67.4 Å². The smallest absolute Gasteiger partial charge is 0.251 e. The van der Waals surface area contributed by atoms with Crippen molar-refractivity contribution in [1.29, 1.82) is 0 Å². The molecule has 26 heavy (non-hydrogen) atoms. The number of carbonyl (C=O) groups is 1. The zero-order chi connectivity index (χ0) is 18.4. The highest BCUT2D eigenvalue weighted by Gasteiger charge is 2.16. The molecule has 0 saturated heterocycles. The van der Waals surface area contributed by atoms with Crippen LogP contribution in [0.2, 0.25) is 0 Å². The number of carbonyl (C=O) groups excluding carboxylic acids is 1. The number of aromatic nitrogens is 3. The molecule has 6 heteroatoms. The number of imidazole rings is 1. The number of rotatable bonds is 7. The van der Waals surface area contributed by atoms with E-state index in [1.54, 1.807) is 41.6 Å². The summed E-state index contributed by atoms with van der Waals surface area (Å²) in [7, 11) is 4.02. The summed E-state index contributed by atoms with van der Waals surface area (Å²) in [5.41, 5.74) is 1.79. The Balaban J connectivity index is 1.74. The molecular formula is C20H23N5O. The Hall–Kier alpha value is -2.99. The average Bonchev–Trinajstić information content (AvgIpc) is 3.17. The normalized spacial score (nSPS) is 12.1. The summed E-state index contributed by atoms with van der Waals surface area (Å²) in [6.07, 6.45) is 7.57. The van der Waals surface area contributed by atoms with E-state index in [4.69, 9.17) is 0 Å². The van der Waals surface area contributed by atoms with E-state index in [2.05, 4.69) is 32.3 Å². The van der Waals surface area contributed by atoms with Crippen LogP contribution >= 0.6 is 0 Å². The van der Waals surface area contributed by atoms with Crippen molar-refractivity contribution in [2.75, 3.05) is 20.6 Å². The largest absolute Gasteiger partial charge is 0.348 e. The van der Waals surface area contributed by atoms with E-state index in [-0.39, 0.29) is 11.9 Å². The van der Waals surface area contributed by atoms with Crippen LogP contribution in [0, 0.1) is 0 Å². The van der Waals surface area contributed by atoms with E-state index in [1.807, 2.05) is 32.3 Å².